The molecular weight excluding hydrogens is 344 g/mol. The van der Waals surface area contributed by atoms with Crippen LogP contribution in [0.25, 0.3) is 0 Å². The number of nitrogens with zero attached hydrogens (tertiary/aromatic N) is 1. The van der Waals surface area contributed by atoms with E-state index >= 15 is 0 Å². The molecule has 3 rings (SSSR count). The number of aromatic nitrogens is 1. The number of hydrogen-bond donors (Lipinski definition) is 2. The first-order chi connectivity index (χ1) is 13.2. The van der Waals surface area contributed by atoms with Crippen molar-refractivity contribution in [1.29, 1.82) is 0 Å². The second-order valence-electron chi connectivity index (χ2n) is 5.71. The highest BCUT2D eigenvalue weighted by Crippen LogP contribution is 2.23. The van der Waals surface area contributed by atoms with Crippen molar-refractivity contribution in [3.8, 4) is 23.1 Å². The number of phenols is 1. The molecule has 27 heavy (non-hydrogen) atoms. The van der Waals surface area contributed by atoms with Gasteiger partial charge in [0.25, 0.3) is 5.91 Å². The van der Waals surface area contributed by atoms with Gasteiger partial charge in [0, 0.05) is 18.8 Å². The first kappa shape index (κ1) is 18.3. The Morgan fingerprint density at radius 2 is 1.81 bits per heavy atom. The van der Waals surface area contributed by atoms with Crippen molar-refractivity contribution in [3.63, 3.8) is 0 Å². The smallest absolute Gasteiger partial charge is 0.255 e. The average Bonchev–Trinajstić information content (AvgIpc) is 2.68. The molecule has 0 radical (unpaired) electrons. The summed E-state index contributed by atoms with van der Waals surface area (Å²) in [5.41, 5.74) is 1.06. The van der Waals surface area contributed by atoms with Crippen LogP contribution in [0.1, 0.15) is 22.8 Å². The van der Waals surface area contributed by atoms with Gasteiger partial charge in [0.15, 0.2) is 0 Å². The molecule has 1 aromatic heterocycles. The van der Waals surface area contributed by atoms with Gasteiger partial charge in [0.2, 0.25) is 5.88 Å². The molecule has 0 aliphatic carbocycles. The Balaban J connectivity index is 1.61. The Kier molecular flexibility index (Phi) is 5.89. The quantitative estimate of drug-likeness (QED) is 0.664. The summed E-state index contributed by atoms with van der Waals surface area (Å²) in [6, 6.07) is 17.2. The van der Waals surface area contributed by atoms with Gasteiger partial charge in [-0.2, -0.15) is 0 Å². The number of ether oxygens (including phenoxy) is 2. The van der Waals surface area contributed by atoms with Crippen molar-refractivity contribution < 1.29 is 19.4 Å². The van der Waals surface area contributed by atoms with E-state index in [2.05, 4.69) is 10.3 Å². The maximum atomic E-state index is 12.2. The van der Waals surface area contributed by atoms with Crippen LogP contribution in [0.4, 0.5) is 0 Å². The maximum Gasteiger partial charge on any atom is 0.255 e. The molecule has 0 bridgehead atoms. The van der Waals surface area contributed by atoms with E-state index in [9.17, 15) is 9.90 Å². The van der Waals surface area contributed by atoms with Crippen LogP contribution >= 0.6 is 0 Å². The molecule has 6 heteroatoms. The lowest BCUT2D eigenvalue weighted by molar-refractivity contribution is 0.0948. The number of carbonyl (C=O) groups is 1. The molecule has 0 fully saturated rings. The van der Waals surface area contributed by atoms with E-state index < -0.39 is 0 Å². The van der Waals surface area contributed by atoms with Crippen molar-refractivity contribution >= 4 is 5.91 Å². The zero-order valence-corrected chi connectivity index (χ0v) is 14.9. The third-order valence-corrected chi connectivity index (χ3v) is 3.76. The number of nitrogens with one attached hydrogen (secondary N) is 1. The van der Waals surface area contributed by atoms with Crippen molar-refractivity contribution in [2.24, 2.45) is 0 Å². The van der Waals surface area contributed by atoms with Crippen molar-refractivity contribution in [2.75, 3.05) is 6.61 Å². The summed E-state index contributed by atoms with van der Waals surface area (Å²) in [5.74, 6) is 1.44. The number of para-hydroxylation sites is 1. The van der Waals surface area contributed by atoms with Crippen molar-refractivity contribution in [1.82, 2.24) is 10.3 Å². The van der Waals surface area contributed by atoms with E-state index in [0.717, 1.165) is 11.3 Å². The van der Waals surface area contributed by atoms with Crippen LogP contribution in [0.5, 0.6) is 23.1 Å². The Labute approximate surface area is 157 Å². The minimum absolute atomic E-state index is 0.0516. The van der Waals surface area contributed by atoms with E-state index in [4.69, 9.17) is 9.47 Å². The summed E-state index contributed by atoms with van der Waals surface area (Å²) in [4.78, 5) is 16.4. The van der Waals surface area contributed by atoms with Gasteiger partial charge in [-0.3, -0.25) is 4.79 Å². The molecule has 2 N–H and O–H groups in total. The number of hydrogen-bond acceptors (Lipinski definition) is 5. The number of pyridine rings is 1. The fourth-order valence-electron chi connectivity index (χ4n) is 2.45. The topological polar surface area (TPSA) is 80.7 Å². The number of rotatable bonds is 7. The molecule has 0 aliphatic rings. The first-order valence-electron chi connectivity index (χ1n) is 8.57. The zero-order chi connectivity index (χ0) is 19.1. The Morgan fingerprint density at radius 3 is 2.56 bits per heavy atom. The van der Waals surface area contributed by atoms with Gasteiger partial charge in [-0.15, -0.1) is 0 Å². The van der Waals surface area contributed by atoms with Crippen molar-refractivity contribution in [2.45, 2.75) is 13.5 Å². The molecule has 1 heterocycles. The second-order valence-corrected chi connectivity index (χ2v) is 5.71. The van der Waals surface area contributed by atoms with E-state index in [1.165, 1.54) is 6.07 Å². The number of amides is 1. The summed E-state index contributed by atoms with van der Waals surface area (Å²) in [7, 11) is 0. The lowest BCUT2D eigenvalue weighted by Gasteiger charge is -2.09. The van der Waals surface area contributed by atoms with Crippen LogP contribution in [0.15, 0.2) is 66.9 Å². The lowest BCUT2D eigenvalue weighted by Crippen LogP contribution is -2.22. The molecular formula is C21H20N2O4. The average molecular weight is 364 g/mol. The maximum absolute atomic E-state index is 12.2. The highest BCUT2D eigenvalue weighted by Gasteiger charge is 2.10. The molecule has 2 aromatic carbocycles. The highest BCUT2D eigenvalue weighted by molar-refractivity contribution is 5.96. The van der Waals surface area contributed by atoms with Crippen LogP contribution in [-0.2, 0) is 6.54 Å². The van der Waals surface area contributed by atoms with E-state index in [-0.39, 0.29) is 23.8 Å². The summed E-state index contributed by atoms with van der Waals surface area (Å²) < 4.78 is 11.1. The van der Waals surface area contributed by atoms with Crippen LogP contribution in [0, 0.1) is 0 Å². The third-order valence-electron chi connectivity index (χ3n) is 3.76. The number of phenolic OH excluding ortho intramolecular Hbond substituents is 1. The minimum atomic E-state index is -0.348. The van der Waals surface area contributed by atoms with Gasteiger partial charge in [0.05, 0.1) is 12.2 Å². The van der Waals surface area contributed by atoms with Gasteiger partial charge in [-0.1, -0.05) is 12.1 Å². The van der Waals surface area contributed by atoms with Crippen LogP contribution < -0.4 is 14.8 Å². The monoisotopic (exact) mass is 364 g/mol. The highest BCUT2D eigenvalue weighted by atomic mass is 16.5. The third kappa shape index (κ3) is 4.98. The van der Waals surface area contributed by atoms with Gasteiger partial charge < -0.3 is 19.9 Å². The van der Waals surface area contributed by atoms with Gasteiger partial charge in [-0.25, -0.2) is 4.98 Å². The normalized spacial score (nSPS) is 10.3. The minimum Gasteiger partial charge on any atom is -0.507 e. The molecule has 138 valence electrons. The predicted molar refractivity (Wildman–Crippen MR) is 101 cm³/mol. The largest absolute Gasteiger partial charge is 0.507 e. The molecule has 0 atom stereocenters. The molecule has 0 spiro atoms. The predicted octanol–water partition coefficient (Wildman–Crippen LogP) is 3.91. The lowest BCUT2D eigenvalue weighted by atomic mass is 10.2. The van der Waals surface area contributed by atoms with E-state index in [1.54, 1.807) is 48.7 Å². The van der Waals surface area contributed by atoms with Crippen LogP contribution in [-0.4, -0.2) is 22.6 Å². The number of benzene rings is 2. The fourth-order valence-corrected chi connectivity index (χ4v) is 2.45. The number of carbonyl (C=O) groups excluding carboxylic acids is 1. The fraction of sp³-hybridized carbons (Fsp3) is 0.143. The molecule has 1 amide bonds. The molecule has 0 saturated heterocycles. The van der Waals surface area contributed by atoms with E-state index in [0.29, 0.717) is 18.2 Å². The summed E-state index contributed by atoms with van der Waals surface area (Å²) >= 11 is 0. The van der Waals surface area contributed by atoms with Gasteiger partial charge >= 0.3 is 0 Å². The number of aromatic hydroxyl groups is 1. The molecule has 6 nitrogen and oxygen atoms in total. The molecule has 0 saturated carbocycles. The first-order valence-corrected chi connectivity index (χ1v) is 8.57. The van der Waals surface area contributed by atoms with Crippen molar-refractivity contribution in [3.05, 3.63) is 78.0 Å². The van der Waals surface area contributed by atoms with Gasteiger partial charge in [-0.05, 0) is 55.0 Å². The van der Waals surface area contributed by atoms with Crippen LogP contribution in [0.2, 0.25) is 0 Å². The Hall–Kier alpha value is -3.54. The molecule has 3 aromatic rings. The van der Waals surface area contributed by atoms with Gasteiger partial charge in [0.1, 0.15) is 17.2 Å². The summed E-state index contributed by atoms with van der Waals surface area (Å²) in [6.07, 6.45) is 1.62. The van der Waals surface area contributed by atoms with Crippen LogP contribution in [0.3, 0.4) is 0 Å². The van der Waals surface area contributed by atoms with E-state index in [1.807, 2.05) is 19.1 Å². The molecule has 0 aliphatic heterocycles. The Morgan fingerprint density at radius 1 is 1.07 bits per heavy atom. The SMILES string of the molecule is CCOc1ccc(Oc2cc(CNC(=O)c3ccccc3O)ccn2)cc1. The summed E-state index contributed by atoms with van der Waals surface area (Å²) in [5, 5.41) is 12.5. The molecule has 0 unspecified atom stereocenters. The Bertz CT molecular complexity index is 910. The standard InChI is InChI=1S/C21H20N2O4/c1-2-26-16-7-9-17(10-8-16)27-20-13-15(11-12-22-20)14-23-21(25)18-5-3-4-6-19(18)24/h3-13,24H,2,14H2,1H3,(H,23,25). The summed E-state index contributed by atoms with van der Waals surface area (Å²) in [6.45, 7) is 2.82. The second kappa shape index (κ2) is 8.71. The zero-order valence-electron chi connectivity index (χ0n) is 14.9.